The van der Waals surface area contributed by atoms with E-state index in [1.807, 2.05) is 26.0 Å². The lowest BCUT2D eigenvalue weighted by atomic mass is 9.94. The maximum atomic E-state index is 13.8. The zero-order valence-electron chi connectivity index (χ0n) is 22.2. The Morgan fingerprint density at radius 2 is 1.67 bits per heavy atom. The van der Waals surface area contributed by atoms with Gasteiger partial charge in [0, 0.05) is 25.2 Å². The number of rotatable bonds is 9. The number of urea groups is 1. The number of amides is 3. The first-order valence-electron chi connectivity index (χ1n) is 12.9. The van der Waals surface area contributed by atoms with Crippen LogP contribution in [0, 0.1) is 5.92 Å². The molecule has 9 nitrogen and oxygen atoms in total. The van der Waals surface area contributed by atoms with E-state index in [4.69, 9.17) is 14.2 Å². The highest BCUT2D eigenvalue weighted by Crippen LogP contribution is 2.29. The zero-order chi connectivity index (χ0) is 26.2. The average Bonchev–Trinajstić information content (AvgIpc) is 2.86. The van der Waals surface area contributed by atoms with Gasteiger partial charge in [0.05, 0.1) is 33.8 Å². The predicted molar refractivity (Wildman–Crippen MR) is 136 cm³/mol. The number of methoxy groups -OCH3 is 3. The smallest absolute Gasteiger partial charge is 0.318 e. The van der Waals surface area contributed by atoms with E-state index in [0.717, 1.165) is 31.2 Å². The third-order valence-corrected chi connectivity index (χ3v) is 7.03. The van der Waals surface area contributed by atoms with Gasteiger partial charge in [0.1, 0.15) is 17.5 Å². The van der Waals surface area contributed by atoms with Gasteiger partial charge in [-0.3, -0.25) is 9.59 Å². The molecule has 200 valence electrons. The molecule has 1 saturated carbocycles. The molecule has 0 radical (unpaired) electrons. The molecule has 1 aromatic carbocycles. The summed E-state index contributed by atoms with van der Waals surface area (Å²) in [5.41, 5.74) is 0.847. The SMILES string of the molecule is COC(=O)CC1CN(Cc2cc(OC)cc(OC)c2)C(=O)[C@H](CC(C)C)N1C(=O)NC1CCCCC1. The van der Waals surface area contributed by atoms with E-state index >= 15 is 0 Å². The van der Waals surface area contributed by atoms with E-state index in [1.54, 1.807) is 30.1 Å². The average molecular weight is 504 g/mol. The van der Waals surface area contributed by atoms with Crippen LogP contribution in [0.1, 0.15) is 64.4 Å². The van der Waals surface area contributed by atoms with Crippen molar-refractivity contribution >= 4 is 17.9 Å². The molecule has 1 saturated heterocycles. The van der Waals surface area contributed by atoms with Crippen LogP contribution in [-0.4, -0.2) is 73.7 Å². The molecule has 1 heterocycles. The maximum Gasteiger partial charge on any atom is 0.318 e. The molecule has 0 aromatic heterocycles. The number of hydrogen-bond acceptors (Lipinski definition) is 6. The Balaban J connectivity index is 1.90. The van der Waals surface area contributed by atoms with E-state index < -0.39 is 18.1 Å². The Hall–Kier alpha value is -2.97. The molecule has 1 aliphatic heterocycles. The van der Waals surface area contributed by atoms with Gasteiger partial charge in [-0.1, -0.05) is 33.1 Å². The molecule has 1 aromatic rings. The fraction of sp³-hybridized carbons (Fsp3) is 0.667. The minimum atomic E-state index is -0.662. The van der Waals surface area contributed by atoms with Crippen LogP contribution in [0.3, 0.4) is 0 Å². The van der Waals surface area contributed by atoms with Crippen LogP contribution in [0.4, 0.5) is 4.79 Å². The van der Waals surface area contributed by atoms with Gasteiger partial charge in [-0.15, -0.1) is 0 Å². The highest BCUT2D eigenvalue weighted by Gasteiger charge is 2.44. The molecule has 2 aliphatic rings. The Bertz CT molecular complexity index is 893. The fourth-order valence-corrected chi connectivity index (χ4v) is 5.24. The lowest BCUT2D eigenvalue weighted by Gasteiger charge is -2.46. The first-order valence-corrected chi connectivity index (χ1v) is 12.9. The van der Waals surface area contributed by atoms with E-state index in [9.17, 15) is 14.4 Å². The largest absolute Gasteiger partial charge is 0.497 e. The monoisotopic (exact) mass is 503 g/mol. The number of esters is 1. The quantitative estimate of drug-likeness (QED) is 0.516. The predicted octanol–water partition coefficient (Wildman–Crippen LogP) is 3.74. The molecule has 3 rings (SSSR count). The molecule has 1 unspecified atom stereocenters. The summed E-state index contributed by atoms with van der Waals surface area (Å²) in [6.07, 6.45) is 5.76. The Labute approximate surface area is 214 Å². The van der Waals surface area contributed by atoms with E-state index in [-0.39, 0.29) is 36.9 Å². The van der Waals surface area contributed by atoms with Gasteiger partial charge in [0.15, 0.2) is 0 Å². The van der Waals surface area contributed by atoms with Crippen molar-refractivity contribution in [3.8, 4) is 11.5 Å². The number of piperazine rings is 1. The fourth-order valence-electron chi connectivity index (χ4n) is 5.24. The van der Waals surface area contributed by atoms with Crippen molar-refractivity contribution in [3.05, 3.63) is 23.8 Å². The molecule has 36 heavy (non-hydrogen) atoms. The van der Waals surface area contributed by atoms with Crippen LogP contribution in [0.25, 0.3) is 0 Å². The van der Waals surface area contributed by atoms with E-state index in [0.29, 0.717) is 24.5 Å². The van der Waals surface area contributed by atoms with Crippen LogP contribution >= 0.6 is 0 Å². The second kappa shape index (κ2) is 12.8. The molecule has 2 atom stereocenters. The van der Waals surface area contributed by atoms with Crippen molar-refractivity contribution in [2.75, 3.05) is 27.9 Å². The normalized spacial score (nSPS) is 20.9. The van der Waals surface area contributed by atoms with Gasteiger partial charge in [-0.05, 0) is 42.9 Å². The summed E-state index contributed by atoms with van der Waals surface area (Å²) in [5.74, 6) is 0.917. The van der Waals surface area contributed by atoms with Crippen molar-refractivity contribution in [3.63, 3.8) is 0 Å². The Morgan fingerprint density at radius 3 is 2.22 bits per heavy atom. The molecular formula is C27H41N3O6. The summed E-state index contributed by atoms with van der Waals surface area (Å²) in [5, 5.41) is 3.16. The minimum Gasteiger partial charge on any atom is -0.497 e. The molecule has 0 spiro atoms. The molecule has 3 amide bonds. The minimum absolute atomic E-state index is 0.0222. The second-order valence-electron chi connectivity index (χ2n) is 10.2. The van der Waals surface area contributed by atoms with Crippen LogP contribution in [0.5, 0.6) is 11.5 Å². The lowest BCUT2D eigenvalue weighted by molar-refractivity contribution is -0.150. The van der Waals surface area contributed by atoms with Crippen molar-refractivity contribution in [2.45, 2.75) is 83.5 Å². The summed E-state index contributed by atoms with van der Waals surface area (Å²) < 4.78 is 15.7. The molecule has 2 fully saturated rings. The number of carbonyl (C=O) groups is 3. The summed E-state index contributed by atoms with van der Waals surface area (Å²) >= 11 is 0. The molecular weight excluding hydrogens is 462 g/mol. The number of ether oxygens (including phenoxy) is 3. The van der Waals surface area contributed by atoms with Crippen LogP contribution in [-0.2, 0) is 20.9 Å². The van der Waals surface area contributed by atoms with Gasteiger partial charge < -0.3 is 29.3 Å². The van der Waals surface area contributed by atoms with E-state index in [2.05, 4.69) is 5.32 Å². The van der Waals surface area contributed by atoms with Crippen molar-refractivity contribution in [1.82, 2.24) is 15.1 Å². The molecule has 1 aliphatic carbocycles. The van der Waals surface area contributed by atoms with Gasteiger partial charge in [0.25, 0.3) is 0 Å². The van der Waals surface area contributed by atoms with Gasteiger partial charge in [-0.2, -0.15) is 0 Å². The topological polar surface area (TPSA) is 97.4 Å². The van der Waals surface area contributed by atoms with Gasteiger partial charge >= 0.3 is 12.0 Å². The summed E-state index contributed by atoms with van der Waals surface area (Å²) in [6, 6.07) is 4.19. The summed E-state index contributed by atoms with van der Waals surface area (Å²) in [4.78, 5) is 43.1. The number of nitrogens with zero attached hydrogens (tertiary/aromatic N) is 2. The zero-order valence-corrected chi connectivity index (χ0v) is 22.2. The first-order chi connectivity index (χ1) is 17.2. The third-order valence-electron chi connectivity index (χ3n) is 7.03. The number of benzene rings is 1. The highest BCUT2D eigenvalue weighted by molar-refractivity contribution is 5.89. The molecule has 9 heteroatoms. The maximum absolute atomic E-state index is 13.8. The summed E-state index contributed by atoms with van der Waals surface area (Å²) in [6.45, 7) is 4.62. The molecule has 0 bridgehead atoms. The van der Waals surface area contributed by atoms with Gasteiger partial charge in [0.2, 0.25) is 5.91 Å². The van der Waals surface area contributed by atoms with Crippen molar-refractivity contribution in [1.29, 1.82) is 0 Å². The van der Waals surface area contributed by atoms with Crippen LogP contribution in [0.2, 0.25) is 0 Å². The highest BCUT2D eigenvalue weighted by atomic mass is 16.5. The standard InChI is InChI=1S/C27H41N3O6/c1-18(2)11-24-26(32)29(16-19-12-22(34-3)15-23(13-19)35-4)17-21(14-25(31)36-5)30(24)27(33)28-20-9-7-6-8-10-20/h12-13,15,18,20-21,24H,6-11,14,16-17H2,1-5H3,(H,28,33)/t21?,24-/m0/s1. The second-order valence-corrected chi connectivity index (χ2v) is 10.2. The Morgan fingerprint density at radius 1 is 1.03 bits per heavy atom. The molecule has 1 N–H and O–H groups in total. The lowest BCUT2D eigenvalue weighted by Crippen LogP contribution is -2.66. The van der Waals surface area contributed by atoms with Crippen LogP contribution < -0.4 is 14.8 Å². The first kappa shape index (κ1) is 27.6. The van der Waals surface area contributed by atoms with E-state index in [1.165, 1.54) is 13.5 Å². The Kier molecular flexibility index (Phi) is 9.84. The summed E-state index contributed by atoms with van der Waals surface area (Å²) in [7, 11) is 4.51. The van der Waals surface area contributed by atoms with Crippen molar-refractivity contribution in [2.24, 2.45) is 5.92 Å². The van der Waals surface area contributed by atoms with Crippen LogP contribution in [0.15, 0.2) is 18.2 Å². The number of hydrogen-bond donors (Lipinski definition) is 1. The number of carbonyl (C=O) groups excluding carboxylic acids is 3. The number of nitrogens with one attached hydrogen (secondary N) is 1. The van der Waals surface area contributed by atoms with Crippen molar-refractivity contribution < 1.29 is 28.6 Å². The third kappa shape index (κ3) is 7.04. The van der Waals surface area contributed by atoms with Gasteiger partial charge in [-0.25, -0.2) is 4.79 Å².